The van der Waals surface area contributed by atoms with Crippen molar-refractivity contribution in [2.24, 2.45) is 0 Å². The number of anilines is 3. The highest BCUT2D eigenvalue weighted by atomic mass is 32.1. The third-order valence-corrected chi connectivity index (χ3v) is 4.68. The van der Waals surface area contributed by atoms with E-state index >= 15 is 0 Å². The highest BCUT2D eigenvalue weighted by molar-refractivity contribution is 7.80. The number of non-ortho nitro benzene ring substituents is 1. The molecule has 0 spiro atoms. The van der Waals surface area contributed by atoms with E-state index in [9.17, 15) is 19.7 Å². The van der Waals surface area contributed by atoms with Crippen molar-refractivity contribution in [2.45, 2.75) is 6.92 Å². The summed E-state index contributed by atoms with van der Waals surface area (Å²) in [6, 6.07) is 10.9. The summed E-state index contributed by atoms with van der Waals surface area (Å²) < 4.78 is 5.34. The van der Waals surface area contributed by atoms with Crippen LogP contribution in [0, 0.1) is 10.1 Å². The molecule has 1 aliphatic rings. The Kier molecular flexibility index (Phi) is 7.11. The van der Waals surface area contributed by atoms with E-state index in [1.54, 1.807) is 30.3 Å². The van der Waals surface area contributed by atoms with E-state index in [-0.39, 0.29) is 22.3 Å². The van der Waals surface area contributed by atoms with Crippen LogP contribution in [-0.4, -0.2) is 48.2 Å². The van der Waals surface area contributed by atoms with Gasteiger partial charge in [-0.2, -0.15) is 0 Å². The molecule has 2 amide bonds. The Morgan fingerprint density at radius 2 is 1.68 bits per heavy atom. The molecular weight excluding hydrogens is 422 g/mol. The van der Waals surface area contributed by atoms with Crippen LogP contribution in [0.5, 0.6) is 0 Å². The number of benzene rings is 2. The first-order valence-corrected chi connectivity index (χ1v) is 9.85. The second-order valence-corrected chi connectivity index (χ2v) is 7.13. The van der Waals surface area contributed by atoms with Gasteiger partial charge >= 0.3 is 0 Å². The van der Waals surface area contributed by atoms with Crippen LogP contribution in [0.3, 0.4) is 0 Å². The van der Waals surface area contributed by atoms with Gasteiger partial charge in [0.15, 0.2) is 5.11 Å². The summed E-state index contributed by atoms with van der Waals surface area (Å²) in [5.74, 6) is -0.742. The largest absolute Gasteiger partial charge is 0.378 e. The fraction of sp³-hybridized carbons (Fsp3) is 0.250. The highest BCUT2D eigenvalue weighted by Gasteiger charge is 2.22. The molecule has 31 heavy (non-hydrogen) atoms. The number of hydrogen-bond acceptors (Lipinski definition) is 7. The first kappa shape index (κ1) is 22.1. The Bertz CT molecular complexity index is 1010. The van der Waals surface area contributed by atoms with Crippen LogP contribution in [0.2, 0.25) is 0 Å². The molecule has 2 aromatic carbocycles. The lowest BCUT2D eigenvalue weighted by atomic mass is 10.1. The predicted octanol–water partition coefficient (Wildman–Crippen LogP) is 2.52. The number of carbonyl (C=O) groups excluding carboxylic acids is 2. The summed E-state index contributed by atoms with van der Waals surface area (Å²) >= 11 is 5.22. The molecule has 0 aromatic heterocycles. The lowest BCUT2D eigenvalue weighted by Crippen LogP contribution is -2.39. The van der Waals surface area contributed by atoms with Crippen molar-refractivity contribution >= 4 is 51.9 Å². The number of rotatable bonds is 5. The maximum absolute atomic E-state index is 12.9. The van der Waals surface area contributed by atoms with Crippen LogP contribution in [0.25, 0.3) is 0 Å². The zero-order valence-corrected chi connectivity index (χ0v) is 17.5. The molecule has 0 bridgehead atoms. The molecule has 11 heteroatoms. The Labute approximate surface area is 183 Å². The highest BCUT2D eigenvalue weighted by Crippen LogP contribution is 2.26. The van der Waals surface area contributed by atoms with Gasteiger partial charge in [-0.25, -0.2) is 0 Å². The summed E-state index contributed by atoms with van der Waals surface area (Å²) in [6.45, 7) is 3.57. The van der Waals surface area contributed by atoms with Crippen molar-refractivity contribution in [1.29, 1.82) is 0 Å². The van der Waals surface area contributed by atoms with Crippen molar-refractivity contribution in [3.63, 3.8) is 0 Å². The van der Waals surface area contributed by atoms with Crippen LogP contribution in [0.1, 0.15) is 17.3 Å². The molecule has 0 saturated carbocycles. The summed E-state index contributed by atoms with van der Waals surface area (Å²) in [4.78, 5) is 36.6. The first-order valence-electron chi connectivity index (χ1n) is 9.44. The fourth-order valence-corrected chi connectivity index (χ4v) is 3.28. The maximum atomic E-state index is 12.9. The van der Waals surface area contributed by atoms with E-state index in [0.29, 0.717) is 43.4 Å². The average molecular weight is 443 g/mol. The summed E-state index contributed by atoms with van der Waals surface area (Å²) in [7, 11) is 0. The topological polar surface area (TPSA) is 126 Å². The van der Waals surface area contributed by atoms with Gasteiger partial charge in [-0.15, -0.1) is 0 Å². The van der Waals surface area contributed by atoms with Crippen LogP contribution in [-0.2, 0) is 9.53 Å². The number of ether oxygens (including phenoxy) is 1. The SMILES string of the molecule is CC(=O)Nc1ccc(NC(=S)NC(=O)c2cc([N+](=O)[O-])ccc2N2CCOCC2)cc1. The van der Waals surface area contributed by atoms with Crippen LogP contribution in [0.15, 0.2) is 42.5 Å². The molecule has 0 aliphatic carbocycles. The Balaban J connectivity index is 1.73. The number of hydrogen-bond donors (Lipinski definition) is 3. The van der Waals surface area contributed by atoms with Crippen molar-refractivity contribution < 1.29 is 19.2 Å². The van der Waals surface area contributed by atoms with E-state index in [2.05, 4.69) is 16.0 Å². The molecule has 3 rings (SSSR count). The van der Waals surface area contributed by atoms with Gasteiger partial charge in [-0.05, 0) is 42.5 Å². The standard InChI is InChI=1S/C20H21N5O5S/c1-13(26)21-14-2-4-15(5-3-14)22-20(31)23-19(27)17-12-16(25(28)29)6-7-18(17)24-8-10-30-11-9-24/h2-7,12H,8-11H2,1H3,(H,21,26)(H2,22,23,27,31). The Morgan fingerprint density at radius 1 is 1.06 bits per heavy atom. The quantitative estimate of drug-likeness (QED) is 0.366. The number of morpholine rings is 1. The minimum absolute atomic E-state index is 0.0386. The van der Waals surface area contributed by atoms with Gasteiger partial charge in [0.05, 0.1) is 29.4 Å². The van der Waals surface area contributed by atoms with Crippen molar-refractivity contribution in [1.82, 2.24) is 5.32 Å². The molecule has 0 radical (unpaired) electrons. The molecule has 1 heterocycles. The van der Waals surface area contributed by atoms with E-state index in [1.165, 1.54) is 19.1 Å². The fourth-order valence-electron chi connectivity index (χ4n) is 3.07. The number of carbonyl (C=O) groups is 2. The molecule has 0 atom stereocenters. The molecular formula is C20H21N5O5S. The molecule has 0 unspecified atom stereocenters. The molecule has 3 N–H and O–H groups in total. The average Bonchev–Trinajstić information content (AvgIpc) is 2.75. The van der Waals surface area contributed by atoms with E-state index < -0.39 is 10.8 Å². The van der Waals surface area contributed by atoms with Gasteiger partial charge in [0.25, 0.3) is 11.6 Å². The van der Waals surface area contributed by atoms with Crippen LogP contribution >= 0.6 is 12.2 Å². The number of thiocarbonyl (C=S) groups is 1. The van der Waals surface area contributed by atoms with Crippen LogP contribution < -0.4 is 20.9 Å². The van der Waals surface area contributed by atoms with Gasteiger partial charge in [0.1, 0.15) is 0 Å². The maximum Gasteiger partial charge on any atom is 0.270 e. The predicted molar refractivity (Wildman–Crippen MR) is 121 cm³/mol. The Morgan fingerprint density at radius 3 is 2.26 bits per heavy atom. The first-order chi connectivity index (χ1) is 14.8. The molecule has 162 valence electrons. The molecule has 1 aliphatic heterocycles. The Hall–Kier alpha value is -3.57. The molecule has 10 nitrogen and oxygen atoms in total. The molecule has 1 fully saturated rings. The van der Waals surface area contributed by atoms with Gasteiger partial charge in [-0.3, -0.25) is 25.0 Å². The number of nitro groups is 1. The monoisotopic (exact) mass is 443 g/mol. The zero-order chi connectivity index (χ0) is 22.4. The van der Waals surface area contributed by atoms with Gasteiger partial charge in [-0.1, -0.05) is 0 Å². The van der Waals surface area contributed by atoms with Crippen molar-refractivity contribution in [3.8, 4) is 0 Å². The summed E-state index contributed by atoms with van der Waals surface area (Å²) in [6.07, 6.45) is 0. The molecule has 1 saturated heterocycles. The second kappa shape index (κ2) is 9.96. The van der Waals surface area contributed by atoms with E-state index in [4.69, 9.17) is 17.0 Å². The van der Waals surface area contributed by atoms with E-state index in [1.807, 2.05) is 4.90 Å². The number of nitrogens with one attached hydrogen (secondary N) is 3. The van der Waals surface area contributed by atoms with E-state index in [0.717, 1.165) is 0 Å². The zero-order valence-electron chi connectivity index (χ0n) is 16.7. The van der Waals surface area contributed by atoms with Crippen molar-refractivity contribution in [2.75, 3.05) is 41.8 Å². The normalized spacial score (nSPS) is 13.3. The minimum atomic E-state index is -0.558. The van der Waals surface area contributed by atoms with Gasteiger partial charge in [0, 0.05) is 43.5 Å². The lowest BCUT2D eigenvalue weighted by Gasteiger charge is -2.30. The number of amides is 2. The smallest absolute Gasteiger partial charge is 0.270 e. The number of nitro benzene ring substituents is 1. The van der Waals surface area contributed by atoms with Gasteiger partial charge in [0.2, 0.25) is 5.91 Å². The second-order valence-electron chi connectivity index (χ2n) is 6.72. The van der Waals surface area contributed by atoms with Gasteiger partial charge < -0.3 is 20.3 Å². The summed E-state index contributed by atoms with van der Waals surface area (Å²) in [5.41, 5.74) is 1.77. The molecule has 2 aromatic rings. The van der Waals surface area contributed by atoms with Crippen molar-refractivity contribution in [3.05, 3.63) is 58.1 Å². The van der Waals surface area contributed by atoms with Crippen LogP contribution in [0.4, 0.5) is 22.7 Å². The number of nitrogens with zero attached hydrogens (tertiary/aromatic N) is 2. The third-order valence-electron chi connectivity index (χ3n) is 4.48. The minimum Gasteiger partial charge on any atom is -0.378 e. The third kappa shape index (κ3) is 5.96. The lowest BCUT2D eigenvalue weighted by molar-refractivity contribution is -0.384. The summed E-state index contributed by atoms with van der Waals surface area (Å²) in [5, 5.41) is 19.3.